The number of aryl methyl sites for hydroxylation is 1. The number of fused-ring (bicyclic) bond motifs is 1. The summed E-state index contributed by atoms with van der Waals surface area (Å²) in [6, 6.07) is 12.3. The Morgan fingerprint density at radius 1 is 1.38 bits per heavy atom. The molecule has 0 amide bonds. The minimum Gasteiger partial charge on any atom is -0.328 e. The van der Waals surface area contributed by atoms with Crippen molar-refractivity contribution in [3.63, 3.8) is 0 Å². The molecule has 21 heavy (non-hydrogen) atoms. The first-order valence-corrected chi connectivity index (χ1v) is 7.71. The molecule has 1 unspecified atom stereocenters. The number of hydrogen-bond acceptors (Lipinski definition) is 4. The van der Waals surface area contributed by atoms with Gasteiger partial charge in [-0.25, -0.2) is 4.98 Å². The standard InChI is InChI=1S/C16H16N4S/c1-11-7-9-21-16(11)14(10-18)20-13-5-3-2-4-12(13)19-15(20)6-8-17/h2-5,7,9,14H,6,10,18H2,1H3. The number of nitrogens with two attached hydrogens (primary N) is 1. The zero-order valence-electron chi connectivity index (χ0n) is 11.8. The van der Waals surface area contributed by atoms with E-state index < -0.39 is 0 Å². The minimum absolute atomic E-state index is 0.0285. The van der Waals surface area contributed by atoms with Crippen LogP contribution in [0.1, 0.15) is 22.3 Å². The van der Waals surface area contributed by atoms with Gasteiger partial charge in [-0.1, -0.05) is 12.1 Å². The van der Waals surface area contributed by atoms with E-state index in [1.165, 1.54) is 10.4 Å². The molecule has 106 valence electrons. The van der Waals surface area contributed by atoms with Crippen LogP contribution >= 0.6 is 11.3 Å². The van der Waals surface area contributed by atoms with E-state index >= 15 is 0 Å². The van der Waals surface area contributed by atoms with E-state index in [0.717, 1.165) is 16.9 Å². The third kappa shape index (κ3) is 2.33. The number of nitriles is 1. The quantitative estimate of drug-likeness (QED) is 0.804. The first kappa shape index (κ1) is 13.8. The molecule has 0 aliphatic rings. The molecule has 2 heterocycles. The summed E-state index contributed by atoms with van der Waals surface area (Å²) >= 11 is 1.70. The average Bonchev–Trinajstić information content (AvgIpc) is 3.06. The van der Waals surface area contributed by atoms with Crippen LogP contribution in [0, 0.1) is 18.3 Å². The van der Waals surface area contributed by atoms with Gasteiger partial charge in [0.05, 0.1) is 29.6 Å². The SMILES string of the molecule is Cc1ccsc1C(CN)n1c(CC#N)nc2ccccc21. The summed E-state index contributed by atoms with van der Waals surface area (Å²) in [5.74, 6) is 0.780. The molecule has 2 aromatic heterocycles. The summed E-state index contributed by atoms with van der Waals surface area (Å²) in [7, 11) is 0. The van der Waals surface area contributed by atoms with Gasteiger partial charge in [-0.15, -0.1) is 11.3 Å². The Kier molecular flexibility index (Phi) is 3.74. The van der Waals surface area contributed by atoms with Crippen molar-refractivity contribution < 1.29 is 0 Å². The van der Waals surface area contributed by atoms with E-state index in [0.29, 0.717) is 6.54 Å². The second-order valence-corrected chi connectivity index (χ2v) is 5.89. The fraction of sp³-hybridized carbons (Fsp3) is 0.250. The van der Waals surface area contributed by atoms with Crippen molar-refractivity contribution in [2.75, 3.05) is 6.54 Å². The topological polar surface area (TPSA) is 67.6 Å². The third-order valence-electron chi connectivity index (χ3n) is 3.65. The fourth-order valence-corrected chi connectivity index (χ4v) is 3.72. The highest BCUT2D eigenvalue weighted by atomic mass is 32.1. The Bertz CT molecular complexity index is 809. The number of rotatable bonds is 4. The summed E-state index contributed by atoms with van der Waals surface area (Å²) in [6.45, 7) is 2.58. The van der Waals surface area contributed by atoms with Crippen molar-refractivity contribution in [1.82, 2.24) is 9.55 Å². The van der Waals surface area contributed by atoms with Crippen molar-refractivity contribution in [3.8, 4) is 6.07 Å². The van der Waals surface area contributed by atoms with Crippen LogP contribution in [0.4, 0.5) is 0 Å². The van der Waals surface area contributed by atoms with Gasteiger partial charge in [-0.3, -0.25) is 0 Å². The monoisotopic (exact) mass is 296 g/mol. The minimum atomic E-state index is 0.0285. The lowest BCUT2D eigenvalue weighted by Crippen LogP contribution is -2.22. The van der Waals surface area contributed by atoms with Crippen LogP contribution in [-0.2, 0) is 6.42 Å². The Hall–Kier alpha value is -2.16. The lowest BCUT2D eigenvalue weighted by molar-refractivity contribution is 0.595. The molecular formula is C16H16N4S. The van der Waals surface area contributed by atoms with Crippen LogP contribution in [0.15, 0.2) is 35.7 Å². The highest BCUT2D eigenvalue weighted by molar-refractivity contribution is 7.10. The molecule has 1 aromatic carbocycles. The zero-order valence-corrected chi connectivity index (χ0v) is 12.6. The zero-order chi connectivity index (χ0) is 14.8. The Morgan fingerprint density at radius 2 is 2.19 bits per heavy atom. The van der Waals surface area contributed by atoms with Crippen molar-refractivity contribution in [3.05, 3.63) is 52.0 Å². The lowest BCUT2D eigenvalue weighted by atomic mass is 10.1. The van der Waals surface area contributed by atoms with Crippen LogP contribution in [0.25, 0.3) is 11.0 Å². The highest BCUT2D eigenvalue weighted by Gasteiger charge is 2.21. The predicted molar refractivity (Wildman–Crippen MR) is 85.3 cm³/mol. The van der Waals surface area contributed by atoms with Gasteiger partial charge >= 0.3 is 0 Å². The van der Waals surface area contributed by atoms with Crippen molar-refractivity contribution in [2.45, 2.75) is 19.4 Å². The summed E-state index contributed by atoms with van der Waals surface area (Å²) < 4.78 is 2.12. The van der Waals surface area contributed by atoms with Gasteiger partial charge in [0.15, 0.2) is 0 Å². The largest absolute Gasteiger partial charge is 0.328 e. The molecule has 0 spiro atoms. The molecule has 1 atom stereocenters. The number of benzene rings is 1. The summed E-state index contributed by atoms with van der Waals surface area (Å²) in [5.41, 5.74) is 9.23. The predicted octanol–water partition coefficient (Wildman–Crippen LogP) is 3.02. The molecule has 4 nitrogen and oxygen atoms in total. The van der Waals surface area contributed by atoms with Gasteiger partial charge in [-0.2, -0.15) is 5.26 Å². The summed E-state index contributed by atoms with van der Waals surface area (Å²) in [5, 5.41) is 11.2. The maximum absolute atomic E-state index is 9.08. The Balaban J connectivity index is 2.24. The molecule has 0 bridgehead atoms. The Labute approximate surface area is 127 Å². The first-order chi connectivity index (χ1) is 10.3. The van der Waals surface area contributed by atoms with Crippen molar-refractivity contribution in [2.24, 2.45) is 5.73 Å². The number of thiophene rings is 1. The van der Waals surface area contributed by atoms with E-state index in [1.54, 1.807) is 11.3 Å². The third-order valence-corrected chi connectivity index (χ3v) is 4.77. The van der Waals surface area contributed by atoms with Gasteiger partial charge in [0.2, 0.25) is 0 Å². The van der Waals surface area contributed by atoms with Crippen LogP contribution in [-0.4, -0.2) is 16.1 Å². The number of nitrogens with zero attached hydrogens (tertiary/aromatic N) is 3. The maximum Gasteiger partial charge on any atom is 0.124 e. The van der Waals surface area contributed by atoms with Gasteiger partial charge < -0.3 is 10.3 Å². The normalized spacial score (nSPS) is 12.4. The number of aromatic nitrogens is 2. The second kappa shape index (κ2) is 5.68. The molecule has 0 saturated heterocycles. The first-order valence-electron chi connectivity index (χ1n) is 6.83. The molecule has 0 aliphatic carbocycles. The molecule has 0 aliphatic heterocycles. The van der Waals surface area contributed by atoms with Crippen molar-refractivity contribution in [1.29, 1.82) is 5.26 Å². The van der Waals surface area contributed by atoms with E-state index in [1.807, 2.05) is 24.3 Å². The van der Waals surface area contributed by atoms with Gasteiger partial charge in [-0.05, 0) is 36.1 Å². The van der Waals surface area contributed by atoms with Crippen LogP contribution in [0.2, 0.25) is 0 Å². The molecular weight excluding hydrogens is 280 g/mol. The molecule has 0 fully saturated rings. The lowest BCUT2D eigenvalue weighted by Gasteiger charge is -2.19. The number of imidazole rings is 1. The smallest absolute Gasteiger partial charge is 0.124 e. The number of hydrogen-bond donors (Lipinski definition) is 1. The second-order valence-electron chi connectivity index (χ2n) is 4.94. The van der Waals surface area contributed by atoms with Gasteiger partial charge in [0.1, 0.15) is 5.82 Å². The molecule has 5 heteroatoms. The van der Waals surface area contributed by atoms with E-state index in [-0.39, 0.29) is 12.5 Å². The van der Waals surface area contributed by atoms with Gasteiger partial charge in [0, 0.05) is 11.4 Å². The maximum atomic E-state index is 9.08. The van der Waals surface area contributed by atoms with Gasteiger partial charge in [0.25, 0.3) is 0 Å². The number of para-hydroxylation sites is 2. The Morgan fingerprint density at radius 3 is 2.86 bits per heavy atom. The highest BCUT2D eigenvalue weighted by Crippen LogP contribution is 2.31. The fourth-order valence-electron chi connectivity index (χ4n) is 2.69. The summed E-state index contributed by atoms with van der Waals surface area (Å²) in [4.78, 5) is 5.84. The van der Waals surface area contributed by atoms with E-state index in [2.05, 4.69) is 34.0 Å². The van der Waals surface area contributed by atoms with E-state index in [4.69, 9.17) is 11.0 Å². The molecule has 3 aromatic rings. The van der Waals surface area contributed by atoms with Crippen LogP contribution in [0.5, 0.6) is 0 Å². The molecule has 0 saturated carbocycles. The van der Waals surface area contributed by atoms with E-state index in [9.17, 15) is 0 Å². The molecule has 2 N–H and O–H groups in total. The van der Waals surface area contributed by atoms with Crippen molar-refractivity contribution >= 4 is 22.4 Å². The van der Waals surface area contributed by atoms with Crippen LogP contribution in [0.3, 0.4) is 0 Å². The average molecular weight is 296 g/mol. The molecule has 0 radical (unpaired) electrons. The summed E-state index contributed by atoms with van der Waals surface area (Å²) in [6.07, 6.45) is 0.287. The van der Waals surface area contributed by atoms with Crippen LogP contribution < -0.4 is 5.73 Å². The molecule has 3 rings (SSSR count).